The Hall–Kier alpha value is -0.570. The summed E-state index contributed by atoms with van der Waals surface area (Å²) in [6, 6.07) is 0.606. The summed E-state index contributed by atoms with van der Waals surface area (Å²) < 4.78 is 0. The lowest BCUT2D eigenvalue weighted by Gasteiger charge is -2.21. The van der Waals surface area contributed by atoms with Crippen LogP contribution in [0.15, 0.2) is 4.99 Å². The Balaban J connectivity index is 3.80. The fourth-order valence-corrected chi connectivity index (χ4v) is 1.01. The standard InChI is InChI=1S/C12H27N3/c1-10(2)15(6)9-7-8-14-11(13)12(3,4)5/h10H,7-9H2,1-6H3,(H2,13,14). The van der Waals surface area contributed by atoms with E-state index in [0.29, 0.717) is 6.04 Å². The van der Waals surface area contributed by atoms with Gasteiger partial charge in [0.25, 0.3) is 0 Å². The molecule has 90 valence electrons. The summed E-state index contributed by atoms with van der Waals surface area (Å²) in [5, 5.41) is 0. The number of nitrogens with zero attached hydrogens (tertiary/aromatic N) is 2. The Morgan fingerprint density at radius 2 is 1.87 bits per heavy atom. The first kappa shape index (κ1) is 14.4. The zero-order valence-electron chi connectivity index (χ0n) is 11.2. The van der Waals surface area contributed by atoms with Gasteiger partial charge in [0.15, 0.2) is 0 Å². The molecule has 0 aliphatic rings. The summed E-state index contributed by atoms with van der Waals surface area (Å²) in [5.41, 5.74) is 5.87. The van der Waals surface area contributed by atoms with Crippen molar-refractivity contribution in [3.05, 3.63) is 0 Å². The SMILES string of the molecule is CC(C)N(C)CCCN=C(N)C(C)(C)C. The molecule has 0 saturated heterocycles. The molecule has 0 unspecified atom stereocenters. The second-order valence-corrected chi connectivity index (χ2v) is 5.44. The number of hydrogen-bond donors (Lipinski definition) is 1. The van der Waals surface area contributed by atoms with Crippen molar-refractivity contribution >= 4 is 5.84 Å². The summed E-state index contributed by atoms with van der Waals surface area (Å²) in [6.07, 6.45) is 1.07. The second kappa shape index (κ2) is 6.11. The minimum atomic E-state index is 0.00392. The maximum Gasteiger partial charge on any atom is 0.0991 e. The molecule has 0 radical (unpaired) electrons. The molecular weight excluding hydrogens is 186 g/mol. The van der Waals surface area contributed by atoms with Crippen LogP contribution in [0.1, 0.15) is 41.0 Å². The van der Waals surface area contributed by atoms with Crippen LogP contribution in [0.4, 0.5) is 0 Å². The average molecular weight is 213 g/mol. The molecular formula is C12H27N3. The van der Waals surface area contributed by atoms with Crippen LogP contribution >= 0.6 is 0 Å². The molecule has 2 N–H and O–H groups in total. The van der Waals surface area contributed by atoms with Crippen molar-refractivity contribution in [1.82, 2.24) is 4.90 Å². The zero-order chi connectivity index (χ0) is 12.1. The molecule has 0 rings (SSSR count). The van der Waals surface area contributed by atoms with E-state index in [1.165, 1.54) is 0 Å². The van der Waals surface area contributed by atoms with Gasteiger partial charge in [0.2, 0.25) is 0 Å². The van der Waals surface area contributed by atoms with E-state index in [2.05, 4.69) is 51.6 Å². The lowest BCUT2D eigenvalue weighted by atomic mass is 9.95. The first-order chi connectivity index (χ1) is 6.75. The lowest BCUT2D eigenvalue weighted by Crippen LogP contribution is -2.30. The minimum Gasteiger partial charge on any atom is -0.387 e. The first-order valence-corrected chi connectivity index (χ1v) is 5.75. The third kappa shape index (κ3) is 6.50. The van der Waals surface area contributed by atoms with Gasteiger partial charge < -0.3 is 10.6 Å². The highest BCUT2D eigenvalue weighted by molar-refractivity contribution is 5.85. The quantitative estimate of drug-likeness (QED) is 0.432. The molecule has 0 bridgehead atoms. The van der Waals surface area contributed by atoms with Gasteiger partial charge >= 0.3 is 0 Å². The van der Waals surface area contributed by atoms with Crippen LogP contribution in [0, 0.1) is 5.41 Å². The summed E-state index contributed by atoms with van der Waals surface area (Å²) in [5.74, 6) is 0.759. The van der Waals surface area contributed by atoms with E-state index in [9.17, 15) is 0 Å². The summed E-state index contributed by atoms with van der Waals surface area (Å²) in [4.78, 5) is 6.72. The first-order valence-electron chi connectivity index (χ1n) is 5.75. The van der Waals surface area contributed by atoms with Crippen molar-refractivity contribution < 1.29 is 0 Å². The maximum absolute atomic E-state index is 5.86. The number of nitrogens with two attached hydrogens (primary N) is 1. The van der Waals surface area contributed by atoms with Crippen LogP contribution < -0.4 is 5.73 Å². The third-order valence-corrected chi connectivity index (χ3v) is 2.60. The van der Waals surface area contributed by atoms with E-state index >= 15 is 0 Å². The predicted molar refractivity (Wildman–Crippen MR) is 68.3 cm³/mol. The Labute approximate surface area is 94.7 Å². The maximum atomic E-state index is 5.86. The Morgan fingerprint density at radius 1 is 1.33 bits per heavy atom. The molecule has 0 saturated carbocycles. The van der Waals surface area contributed by atoms with E-state index in [4.69, 9.17) is 5.73 Å². The molecule has 0 spiro atoms. The van der Waals surface area contributed by atoms with Crippen molar-refractivity contribution in [2.24, 2.45) is 16.1 Å². The van der Waals surface area contributed by atoms with Gasteiger partial charge in [-0.05, 0) is 33.9 Å². The van der Waals surface area contributed by atoms with E-state index < -0.39 is 0 Å². The molecule has 0 fully saturated rings. The summed E-state index contributed by atoms with van der Waals surface area (Å²) in [7, 11) is 2.14. The summed E-state index contributed by atoms with van der Waals surface area (Å²) in [6.45, 7) is 12.6. The van der Waals surface area contributed by atoms with Crippen LogP contribution in [0.5, 0.6) is 0 Å². The molecule has 0 aliphatic carbocycles. The molecule has 3 heteroatoms. The van der Waals surface area contributed by atoms with E-state index in [1.54, 1.807) is 0 Å². The van der Waals surface area contributed by atoms with Gasteiger partial charge in [-0.25, -0.2) is 0 Å². The van der Waals surface area contributed by atoms with Crippen LogP contribution in [0.3, 0.4) is 0 Å². The van der Waals surface area contributed by atoms with Crippen LogP contribution in [-0.2, 0) is 0 Å². The highest BCUT2D eigenvalue weighted by Crippen LogP contribution is 2.12. The van der Waals surface area contributed by atoms with Crippen molar-refractivity contribution in [2.75, 3.05) is 20.1 Å². The fourth-order valence-electron chi connectivity index (χ4n) is 1.01. The third-order valence-electron chi connectivity index (χ3n) is 2.60. The smallest absolute Gasteiger partial charge is 0.0991 e. The fraction of sp³-hybridized carbons (Fsp3) is 0.917. The summed E-state index contributed by atoms with van der Waals surface area (Å²) >= 11 is 0. The molecule has 0 atom stereocenters. The molecule has 0 aromatic rings. The van der Waals surface area contributed by atoms with Crippen LogP contribution in [-0.4, -0.2) is 36.9 Å². The van der Waals surface area contributed by atoms with Gasteiger partial charge in [-0.15, -0.1) is 0 Å². The monoisotopic (exact) mass is 213 g/mol. The van der Waals surface area contributed by atoms with Gasteiger partial charge in [0, 0.05) is 18.0 Å². The van der Waals surface area contributed by atoms with Gasteiger partial charge in [0.05, 0.1) is 5.84 Å². The van der Waals surface area contributed by atoms with E-state index in [1.807, 2.05) is 0 Å². The van der Waals surface area contributed by atoms with Crippen molar-refractivity contribution in [3.8, 4) is 0 Å². The van der Waals surface area contributed by atoms with Gasteiger partial charge in [-0.2, -0.15) is 0 Å². The van der Waals surface area contributed by atoms with Crippen molar-refractivity contribution in [3.63, 3.8) is 0 Å². The second-order valence-electron chi connectivity index (χ2n) is 5.44. The highest BCUT2D eigenvalue weighted by atomic mass is 15.1. The molecule has 15 heavy (non-hydrogen) atoms. The van der Waals surface area contributed by atoms with Gasteiger partial charge in [-0.1, -0.05) is 20.8 Å². The van der Waals surface area contributed by atoms with Crippen molar-refractivity contribution in [2.45, 2.75) is 47.1 Å². The number of amidine groups is 1. The van der Waals surface area contributed by atoms with E-state index in [-0.39, 0.29) is 5.41 Å². The number of aliphatic imine (C=N–C) groups is 1. The Kier molecular flexibility index (Phi) is 5.88. The van der Waals surface area contributed by atoms with Crippen LogP contribution in [0.25, 0.3) is 0 Å². The Morgan fingerprint density at radius 3 is 2.27 bits per heavy atom. The largest absolute Gasteiger partial charge is 0.387 e. The normalized spacial score (nSPS) is 14.0. The topological polar surface area (TPSA) is 41.6 Å². The molecule has 0 aliphatic heterocycles. The number of hydrogen-bond acceptors (Lipinski definition) is 2. The highest BCUT2D eigenvalue weighted by Gasteiger charge is 2.14. The molecule has 0 aromatic carbocycles. The average Bonchev–Trinajstić information content (AvgIpc) is 2.09. The molecule has 0 amide bonds. The molecule has 0 aromatic heterocycles. The lowest BCUT2D eigenvalue weighted by molar-refractivity contribution is 0.272. The van der Waals surface area contributed by atoms with Gasteiger partial charge in [-0.3, -0.25) is 4.99 Å². The van der Waals surface area contributed by atoms with Crippen LogP contribution in [0.2, 0.25) is 0 Å². The van der Waals surface area contributed by atoms with E-state index in [0.717, 1.165) is 25.3 Å². The van der Waals surface area contributed by atoms with Crippen molar-refractivity contribution in [1.29, 1.82) is 0 Å². The molecule has 0 heterocycles. The predicted octanol–water partition coefficient (Wildman–Crippen LogP) is 2.12. The Bertz CT molecular complexity index is 201. The zero-order valence-corrected chi connectivity index (χ0v) is 11.2. The minimum absolute atomic E-state index is 0.00392. The van der Waals surface area contributed by atoms with Gasteiger partial charge in [0.1, 0.15) is 0 Å². The number of rotatable bonds is 5. The molecule has 3 nitrogen and oxygen atoms in total.